The van der Waals surface area contributed by atoms with Crippen LogP contribution in [0.4, 0.5) is 0 Å². The molecule has 1 aromatic rings. The molecule has 1 aromatic carbocycles. The minimum absolute atomic E-state index is 0.0335. The largest absolute Gasteiger partial charge is 0.492 e. The number of hydrogen-bond donors (Lipinski definition) is 0. The number of benzene rings is 1. The molecule has 0 aromatic heterocycles. The lowest BCUT2D eigenvalue weighted by Gasteiger charge is -2.10. The van der Waals surface area contributed by atoms with Crippen LogP contribution in [0, 0.1) is 3.57 Å². The summed E-state index contributed by atoms with van der Waals surface area (Å²) >= 11 is 8.09. The van der Waals surface area contributed by atoms with E-state index < -0.39 is 0 Å². The van der Waals surface area contributed by atoms with Crippen molar-refractivity contribution in [3.8, 4) is 5.75 Å². The highest BCUT2D eigenvalue weighted by Crippen LogP contribution is 2.31. The third kappa shape index (κ3) is 2.60. The van der Waals surface area contributed by atoms with Crippen LogP contribution in [-0.4, -0.2) is 12.4 Å². The summed E-state index contributed by atoms with van der Waals surface area (Å²) in [5.74, 6) is 0.455. The lowest BCUT2D eigenvalue weighted by molar-refractivity contribution is 0.101. The zero-order valence-corrected chi connectivity index (χ0v) is 10.8. The monoisotopic (exact) mass is 324 g/mol. The van der Waals surface area contributed by atoms with E-state index in [-0.39, 0.29) is 5.78 Å². The van der Waals surface area contributed by atoms with Crippen molar-refractivity contribution in [2.75, 3.05) is 6.61 Å². The van der Waals surface area contributed by atoms with Gasteiger partial charge >= 0.3 is 0 Å². The Labute approximate surface area is 102 Å². The molecule has 0 atom stereocenters. The van der Waals surface area contributed by atoms with E-state index in [1.54, 1.807) is 12.1 Å². The van der Waals surface area contributed by atoms with Crippen LogP contribution in [0.3, 0.4) is 0 Å². The molecule has 0 aliphatic carbocycles. The number of hydrogen-bond acceptors (Lipinski definition) is 2. The van der Waals surface area contributed by atoms with Gasteiger partial charge in [0.1, 0.15) is 5.75 Å². The van der Waals surface area contributed by atoms with Crippen molar-refractivity contribution in [3.05, 3.63) is 26.3 Å². The van der Waals surface area contributed by atoms with Gasteiger partial charge in [0.2, 0.25) is 0 Å². The minimum Gasteiger partial charge on any atom is -0.492 e. The fraction of sp³-hybridized carbons (Fsp3) is 0.300. The maximum absolute atomic E-state index is 11.3. The highest BCUT2D eigenvalue weighted by molar-refractivity contribution is 14.1. The van der Waals surface area contributed by atoms with E-state index in [1.807, 2.05) is 6.92 Å². The number of Topliss-reactive ketones (excluding diaryl/α,β-unsaturated/α-hetero) is 1. The van der Waals surface area contributed by atoms with Gasteiger partial charge in [0.25, 0.3) is 0 Å². The summed E-state index contributed by atoms with van der Waals surface area (Å²) < 4.78 is 6.26. The SMILES string of the molecule is CCOc1c(Cl)cc(I)cc1C(C)=O. The summed E-state index contributed by atoms with van der Waals surface area (Å²) in [4.78, 5) is 11.3. The molecule has 0 N–H and O–H groups in total. The van der Waals surface area contributed by atoms with Crippen LogP contribution in [0.5, 0.6) is 5.75 Å². The highest BCUT2D eigenvalue weighted by atomic mass is 127. The molecule has 0 saturated heterocycles. The van der Waals surface area contributed by atoms with Crippen LogP contribution >= 0.6 is 34.2 Å². The maximum Gasteiger partial charge on any atom is 0.163 e. The summed E-state index contributed by atoms with van der Waals surface area (Å²) in [6.07, 6.45) is 0. The second-order valence-corrected chi connectivity index (χ2v) is 4.41. The predicted octanol–water partition coefficient (Wildman–Crippen LogP) is 3.55. The second kappa shape index (κ2) is 4.98. The van der Waals surface area contributed by atoms with Crippen molar-refractivity contribution in [3.63, 3.8) is 0 Å². The molecule has 0 saturated carbocycles. The van der Waals surface area contributed by atoms with Gasteiger partial charge in [-0.2, -0.15) is 0 Å². The Balaban J connectivity index is 3.28. The van der Waals surface area contributed by atoms with Gasteiger partial charge in [0.05, 0.1) is 17.2 Å². The minimum atomic E-state index is -0.0335. The lowest BCUT2D eigenvalue weighted by Crippen LogP contribution is -2.02. The number of carbonyl (C=O) groups excluding carboxylic acids is 1. The molecular weight excluding hydrogens is 314 g/mol. The average Bonchev–Trinajstić information content (AvgIpc) is 2.09. The van der Waals surface area contributed by atoms with E-state index in [2.05, 4.69) is 22.6 Å². The number of ketones is 1. The molecule has 0 unspecified atom stereocenters. The summed E-state index contributed by atoms with van der Waals surface area (Å²) in [6, 6.07) is 3.55. The molecule has 0 fully saturated rings. The molecular formula is C10H10ClIO2. The second-order valence-electron chi connectivity index (χ2n) is 2.75. The van der Waals surface area contributed by atoms with Crippen molar-refractivity contribution in [2.24, 2.45) is 0 Å². The Hall–Kier alpha value is -0.290. The molecule has 1 rings (SSSR count). The fourth-order valence-electron chi connectivity index (χ4n) is 1.11. The van der Waals surface area contributed by atoms with E-state index in [1.165, 1.54) is 6.92 Å². The number of ether oxygens (including phenoxy) is 1. The third-order valence-electron chi connectivity index (χ3n) is 1.68. The first-order chi connectivity index (χ1) is 6.56. The van der Waals surface area contributed by atoms with Crippen LogP contribution < -0.4 is 4.74 Å². The van der Waals surface area contributed by atoms with Crippen molar-refractivity contribution in [2.45, 2.75) is 13.8 Å². The lowest BCUT2D eigenvalue weighted by atomic mass is 10.1. The van der Waals surface area contributed by atoms with E-state index in [0.29, 0.717) is 22.9 Å². The maximum atomic E-state index is 11.3. The number of carbonyl (C=O) groups is 1. The Kier molecular flexibility index (Phi) is 4.19. The summed E-state index contributed by atoms with van der Waals surface area (Å²) in [5.41, 5.74) is 0.545. The van der Waals surface area contributed by atoms with E-state index in [4.69, 9.17) is 16.3 Å². The third-order valence-corrected chi connectivity index (χ3v) is 2.58. The van der Waals surface area contributed by atoms with Crippen molar-refractivity contribution in [1.82, 2.24) is 0 Å². The molecule has 0 heterocycles. The molecule has 0 bridgehead atoms. The molecule has 0 spiro atoms. The van der Waals surface area contributed by atoms with Crippen LogP contribution in [0.25, 0.3) is 0 Å². The Morgan fingerprint density at radius 3 is 2.71 bits per heavy atom. The summed E-state index contributed by atoms with van der Waals surface area (Å²) in [6.45, 7) is 3.86. The number of halogens is 2. The van der Waals surface area contributed by atoms with Gasteiger partial charge in [0, 0.05) is 3.57 Å². The first kappa shape index (κ1) is 11.8. The molecule has 2 nitrogen and oxygen atoms in total. The summed E-state index contributed by atoms with van der Waals surface area (Å²) in [7, 11) is 0. The van der Waals surface area contributed by atoms with Crippen molar-refractivity contribution < 1.29 is 9.53 Å². The summed E-state index contributed by atoms with van der Waals surface area (Å²) in [5, 5.41) is 0.490. The first-order valence-corrected chi connectivity index (χ1v) is 5.64. The zero-order valence-electron chi connectivity index (χ0n) is 7.93. The van der Waals surface area contributed by atoms with Crippen LogP contribution in [0.1, 0.15) is 24.2 Å². The normalized spacial score (nSPS) is 10.0. The van der Waals surface area contributed by atoms with E-state index >= 15 is 0 Å². The molecule has 4 heteroatoms. The molecule has 0 amide bonds. The van der Waals surface area contributed by atoms with Crippen LogP contribution in [0.2, 0.25) is 5.02 Å². The molecule has 0 aliphatic heterocycles. The highest BCUT2D eigenvalue weighted by Gasteiger charge is 2.13. The number of rotatable bonds is 3. The van der Waals surface area contributed by atoms with Gasteiger partial charge in [-0.05, 0) is 48.6 Å². The Morgan fingerprint density at radius 2 is 2.21 bits per heavy atom. The van der Waals surface area contributed by atoms with E-state index in [0.717, 1.165) is 3.57 Å². The standard InChI is InChI=1S/C10H10ClIO2/c1-3-14-10-8(6(2)13)4-7(12)5-9(10)11/h4-5H,3H2,1-2H3. The first-order valence-electron chi connectivity index (χ1n) is 4.19. The Bertz CT molecular complexity index is 363. The molecule has 0 aliphatic rings. The van der Waals surface area contributed by atoms with Crippen molar-refractivity contribution in [1.29, 1.82) is 0 Å². The van der Waals surface area contributed by atoms with Crippen molar-refractivity contribution >= 4 is 40.0 Å². The van der Waals surface area contributed by atoms with Gasteiger partial charge in [-0.3, -0.25) is 4.79 Å². The van der Waals surface area contributed by atoms with Gasteiger partial charge in [-0.15, -0.1) is 0 Å². The van der Waals surface area contributed by atoms with Crippen LogP contribution in [-0.2, 0) is 0 Å². The Morgan fingerprint density at radius 1 is 1.57 bits per heavy atom. The topological polar surface area (TPSA) is 26.3 Å². The fourth-order valence-corrected chi connectivity index (χ4v) is 2.19. The van der Waals surface area contributed by atoms with Gasteiger partial charge in [-0.1, -0.05) is 11.6 Å². The average molecular weight is 325 g/mol. The zero-order chi connectivity index (χ0) is 10.7. The molecule has 14 heavy (non-hydrogen) atoms. The van der Waals surface area contributed by atoms with Gasteiger partial charge < -0.3 is 4.74 Å². The van der Waals surface area contributed by atoms with Gasteiger partial charge in [0.15, 0.2) is 5.78 Å². The quantitative estimate of drug-likeness (QED) is 0.628. The van der Waals surface area contributed by atoms with Crippen LogP contribution in [0.15, 0.2) is 12.1 Å². The molecule has 76 valence electrons. The molecule has 0 radical (unpaired) electrons. The van der Waals surface area contributed by atoms with E-state index in [9.17, 15) is 4.79 Å². The predicted molar refractivity (Wildman–Crippen MR) is 65.3 cm³/mol. The smallest absolute Gasteiger partial charge is 0.163 e. The van der Waals surface area contributed by atoms with Gasteiger partial charge in [-0.25, -0.2) is 0 Å².